The predicted octanol–water partition coefficient (Wildman–Crippen LogP) is 4.84. The Hall–Kier alpha value is -2.74. The second-order valence-electron chi connectivity index (χ2n) is 6.24. The van der Waals surface area contributed by atoms with Gasteiger partial charge in [0, 0.05) is 17.8 Å². The van der Waals surface area contributed by atoms with Crippen molar-refractivity contribution in [3.8, 4) is 5.75 Å². The number of para-hydroxylation sites is 1. The van der Waals surface area contributed by atoms with Gasteiger partial charge in [-0.15, -0.1) is 0 Å². The van der Waals surface area contributed by atoms with E-state index in [1.54, 1.807) is 36.4 Å². The lowest BCUT2D eigenvalue weighted by Crippen LogP contribution is -2.26. The van der Waals surface area contributed by atoms with E-state index >= 15 is 0 Å². The van der Waals surface area contributed by atoms with Gasteiger partial charge in [-0.1, -0.05) is 41.4 Å². The largest absolute Gasteiger partial charge is 0.482 e. The molecule has 3 aromatic rings. The molecule has 0 aliphatic heterocycles. The van der Waals surface area contributed by atoms with Gasteiger partial charge in [0.15, 0.2) is 6.61 Å². The second kappa shape index (κ2) is 9.38. The van der Waals surface area contributed by atoms with Crippen LogP contribution in [0.4, 0.5) is 11.4 Å². The molecule has 1 amide bonds. The molecule has 9 heteroatoms. The first-order valence-corrected chi connectivity index (χ1v) is 11.0. The Labute approximate surface area is 185 Å². The number of hydrogen-bond donors (Lipinski definition) is 1. The molecule has 30 heavy (non-hydrogen) atoms. The van der Waals surface area contributed by atoms with Crippen molar-refractivity contribution in [2.75, 3.05) is 23.3 Å². The fraction of sp³-hybridized carbons (Fsp3) is 0.0952. The van der Waals surface area contributed by atoms with Crippen LogP contribution >= 0.6 is 23.2 Å². The molecular weight excluding hydrogens is 447 g/mol. The number of carbonyl (C=O) groups is 1. The number of carbonyl (C=O) groups excluding carboxylic acids is 1. The summed E-state index contributed by atoms with van der Waals surface area (Å²) in [6.45, 7) is -0.266. The summed E-state index contributed by atoms with van der Waals surface area (Å²) in [4.78, 5) is 12.2. The molecule has 0 atom stereocenters. The summed E-state index contributed by atoms with van der Waals surface area (Å²) < 4.78 is 32.1. The summed E-state index contributed by atoms with van der Waals surface area (Å²) in [5, 5.41) is 3.40. The van der Waals surface area contributed by atoms with E-state index in [1.807, 2.05) is 6.07 Å². The van der Waals surface area contributed by atoms with Crippen molar-refractivity contribution in [1.29, 1.82) is 0 Å². The molecule has 6 nitrogen and oxygen atoms in total. The topological polar surface area (TPSA) is 75.7 Å². The van der Waals surface area contributed by atoms with E-state index in [1.165, 1.54) is 41.7 Å². The fourth-order valence-corrected chi connectivity index (χ4v) is 4.24. The smallest absolute Gasteiger partial charge is 0.264 e. The molecule has 156 valence electrons. The number of nitrogens with zero attached hydrogens (tertiary/aromatic N) is 1. The van der Waals surface area contributed by atoms with E-state index in [0.29, 0.717) is 27.2 Å². The first kappa shape index (κ1) is 22.0. The number of anilines is 2. The van der Waals surface area contributed by atoms with Gasteiger partial charge in [-0.3, -0.25) is 9.10 Å². The normalized spacial score (nSPS) is 11.0. The third kappa shape index (κ3) is 5.24. The van der Waals surface area contributed by atoms with Crippen molar-refractivity contribution in [1.82, 2.24) is 0 Å². The van der Waals surface area contributed by atoms with Gasteiger partial charge in [0.25, 0.3) is 15.9 Å². The Morgan fingerprint density at radius 1 is 1.00 bits per heavy atom. The number of hydrogen-bond acceptors (Lipinski definition) is 4. The number of ether oxygens (including phenoxy) is 1. The van der Waals surface area contributed by atoms with Gasteiger partial charge in [-0.25, -0.2) is 8.42 Å². The highest BCUT2D eigenvalue weighted by atomic mass is 35.5. The van der Waals surface area contributed by atoms with Crippen LogP contribution in [0.2, 0.25) is 10.0 Å². The number of halogens is 2. The highest BCUT2D eigenvalue weighted by Crippen LogP contribution is 2.27. The van der Waals surface area contributed by atoms with Gasteiger partial charge in [-0.05, 0) is 54.6 Å². The van der Waals surface area contributed by atoms with E-state index in [-0.39, 0.29) is 11.5 Å². The molecule has 0 aromatic heterocycles. The lowest BCUT2D eigenvalue weighted by molar-refractivity contribution is -0.118. The van der Waals surface area contributed by atoms with Crippen LogP contribution in [-0.4, -0.2) is 28.0 Å². The summed E-state index contributed by atoms with van der Waals surface area (Å²) in [6, 6.07) is 19.3. The second-order valence-corrected chi connectivity index (χ2v) is 9.06. The minimum atomic E-state index is -3.72. The van der Waals surface area contributed by atoms with E-state index in [2.05, 4.69) is 5.32 Å². The molecule has 0 bridgehead atoms. The Bertz CT molecular complexity index is 1140. The summed E-state index contributed by atoms with van der Waals surface area (Å²) in [5.41, 5.74) is 0.986. The number of benzene rings is 3. The Morgan fingerprint density at radius 3 is 2.30 bits per heavy atom. The maximum absolute atomic E-state index is 12.8. The molecular formula is C21H18Cl2N2O4S. The van der Waals surface area contributed by atoms with Crippen molar-refractivity contribution in [3.63, 3.8) is 0 Å². The fourth-order valence-electron chi connectivity index (χ4n) is 2.58. The number of sulfonamides is 1. The predicted molar refractivity (Wildman–Crippen MR) is 119 cm³/mol. The number of nitrogens with one attached hydrogen (secondary N) is 1. The highest BCUT2D eigenvalue weighted by molar-refractivity contribution is 7.92. The van der Waals surface area contributed by atoms with E-state index in [9.17, 15) is 13.2 Å². The lowest BCUT2D eigenvalue weighted by Gasteiger charge is -2.19. The molecule has 0 radical (unpaired) electrons. The van der Waals surface area contributed by atoms with Crippen LogP contribution in [0, 0.1) is 0 Å². The minimum absolute atomic E-state index is 0.107. The number of rotatable bonds is 7. The summed E-state index contributed by atoms with van der Waals surface area (Å²) >= 11 is 11.8. The Kier molecular flexibility index (Phi) is 6.87. The summed E-state index contributed by atoms with van der Waals surface area (Å²) in [5.74, 6) is -0.0837. The van der Waals surface area contributed by atoms with Crippen molar-refractivity contribution >= 4 is 50.5 Å². The average Bonchev–Trinajstić information content (AvgIpc) is 2.73. The molecule has 3 aromatic carbocycles. The van der Waals surface area contributed by atoms with Gasteiger partial charge < -0.3 is 10.1 Å². The highest BCUT2D eigenvalue weighted by Gasteiger charge is 2.21. The van der Waals surface area contributed by atoms with Crippen LogP contribution in [0.1, 0.15) is 0 Å². The zero-order valence-electron chi connectivity index (χ0n) is 15.9. The first-order valence-electron chi connectivity index (χ1n) is 8.79. The molecule has 0 aliphatic rings. The molecule has 0 unspecified atom stereocenters. The minimum Gasteiger partial charge on any atom is -0.482 e. The molecule has 0 heterocycles. The molecule has 0 aliphatic carbocycles. The maximum Gasteiger partial charge on any atom is 0.264 e. The SMILES string of the molecule is CN(c1ccccc1)S(=O)(=O)c1ccc(NC(=O)COc2ccc(Cl)cc2Cl)cc1. The van der Waals surface area contributed by atoms with Crippen LogP contribution in [0.5, 0.6) is 5.75 Å². The van der Waals surface area contributed by atoms with Crippen molar-refractivity contribution < 1.29 is 17.9 Å². The average molecular weight is 465 g/mol. The van der Waals surface area contributed by atoms with Crippen LogP contribution < -0.4 is 14.4 Å². The first-order chi connectivity index (χ1) is 14.3. The van der Waals surface area contributed by atoms with Gasteiger partial charge in [0.1, 0.15) is 5.75 Å². The van der Waals surface area contributed by atoms with Crippen LogP contribution in [-0.2, 0) is 14.8 Å². The van der Waals surface area contributed by atoms with Crippen molar-refractivity contribution in [2.24, 2.45) is 0 Å². The Morgan fingerprint density at radius 2 is 1.67 bits per heavy atom. The van der Waals surface area contributed by atoms with E-state index < -0.39 is 15.9 Å². The number of amides is 1. The Balaban J connectivity index is 1.63. The van der Waals surface area contributed by atoms with E-state index in [0.717, 1.165) is 0 Å². The van der Waals surface area contributed by atoms with E-state index in [4.69, 9.17) is 27.9 Å². The lowest BCUT2D eigenvalue weighted by atomic mass is 10.3. The molecule has 0 saturated heterocycles. The third-order valence-electron chi connectivity index (χ3n) is 4.17. The molecule has 0 saturated carbocycles. The summed E-state index contributed by atoms with van der Waals surface area (Å²) in [6.07, 6.45) is 0. The van der Waals surface area contributed by atoms with Gasteiger partial charge >= 0.3 is 0 Å². The van der Waals surface area contributed by atoms with Gasteiger partial charge in [0.05, 0.1) is 15.6 Å². The maximum atomic E-state index is 12.8. The van der Waals surface area contributed by atoms with Crippen molar-refractivity contribution in [3.05, 3.63) is 82.8 Å². The molecule has 3 rings (SSSR count). The van der Waals surface area contributed by atoms with Crippen LogP contribution in [0.15, 0.2) is 77.7 Å². The molecule has 0 fully saturated rings. The van der Waals surface area contributed by atoms with Gasteiger partial charge in [-0.2, -0.15) is 0 Å². The van der Waals surface area contributed by atoms with Crippen molar-refractivity contribution in [2.45, 2.75) is 4.90 Å². The monoisotopic (exact) mass is 464 g/mol. The quantitative estimate of drug-likeness (QED) is 0.542. The molecule has 1 N–H and O–H groups in total. The third-order valence-corrected chi connectivity index (χ3v) is 6.50. The zero-order chi connectivity index (χ0) is 21.7. The summed E-state index contributed by atoms with van der Waals surface area (Å²) in [7, 11) is -2.24. The zero-order valence-corrected chi connectivity index (χ0v) is 18.2. The van der Waals surface area contributed by atoms with Crippen LogP contribution in [0.25, 0.3) is 0 Å². The van der Waals surface area contributed by atoms with Gasteiger partial charge in [0.2, 0.25) is 0 Å². The standard InChI is InChI=1S/C21H18Cl2N2O4S/c1-25(17-5-3-2-4-6-17)30(27,28)18-10-8-16(9-11-18)24-21(26)14-29-20-12-7-15(22)13-19(20)23/h2-13H,14H2,1H3,(H,24,26). The van der Waals surface area contributed by atoms with Crippen LogP contribution in [0.3, 0.4) is 0 Å². The molecule has 0 spiro atoms.